The Balaban J connectivity index is 1.58. The number of hydrogen-bond donors (Lipinski definition) is 1. The summed E-state index contributed by atoms with van der Waals surface area (Å²) < 4.78 is 5.68. The van der Waals surface area contributed by atoms with Gasteiger partial charge in [-0.2, -0.15) is 0 Å². The monoisotopic (exact) mass is 358 g/mol. The number of anilines is 2. The number of piperidine rings is 1. The summed E-state index contributed by atoms with van der Waals surface area (Å²) in [6.45, 7) is 7.05. The Labute approximate surface area is 155 Å². The van der Waals surface area contributed by atoms with Crippen LogP contribution in [0.3, 0.4) is 0 Å². The van der Waals surface area contributed by atoms with Crippen LogP contribution in [0.2, 0.25) is 5.02 Å². The molecule has 0 spiro atoms. The van der Waals surface area contributed by atoms with Crippen molar-refractivity contribution in [2.24, 2.45) is 0 Å². The number of rotatable bonds is 6. The Kier molecular flexibility index (Phi) is 6.09. The van der Waals surface area contributed by atoms with Gasteiger partial charge >= 0.3 is 0 Å². The van der Waals surface area contributed by atoms with E-state index in [0.717, 1.165) is 41.8 Å². The third-order valence-corrected chi connectivity index (χ3v) is 4.74. The molecule has 2 aromatic carbocycles. The third kappa shape index (κ3) is 5.05. The lowest BCUT2D eigenvalue weighted by atomic mass is 10.1. The zero-order valence-corrected chi connectivity index (χ0v) is 15.9. The van der Waals surface area contributed by atoms with Crippen molar-refractivity contribution in [3.63, 3.8) is 0 Å². The van der Waals surface area contributed by atoms with Crippen molar-refractivity contribution in [3.8, 4) is 5.75 Å². The van der Waals surface area contributed by atoms with Crippen LogP contribution in [-0.4, -0.2) is 19.2 Å². The summed E-state index contributed by atoms with van der Waals surface area (Å²) in [5, 5.41) is 4.27. The summed E-state index contributed by atoms with van der Waals surface area (Å²) in [4.78, 5) is 2.39. The molecule has 1 aliphatic rings. The van der Waals surface area contributed by atoms with Gasteiger partial charge < -0.3 is 15.0 Å². The molecule has 2 aromatic rings. The molecular weight excluding hydrogens is 332 g/mol. The first-order valence-electron chi connectivity index (χ1n) is 9.16. The second kappa shape index (κ2) is 8.48. The van der Waals surface area contributed by atoms with E-state index in [0.29, 0.717) is 0 Å². The van der Waals surface area contributed by atoms with Crippen LogP contribution in [0.5, 0.6) is 5.75 Å². The molecule has 1 heterocycles. The maximum absolute atomic E-state index is 6.52. The number of nitrogens with zero attached hydrogens (tertiary/aromatic N) is 1. The van der Waals surface area contributed by atoms with E-state index in [2.05, 4.69) is 34.5 Å². The van der Waals surface area contributed by atoms with Crippen molar-refractivity contribution in [2.45, 2.75) is 45.8 Å². The van der Waals surface area contributed by atoms with Gasteiger partial charge in [0.1, 0.15) is 5.75 Å². The van der Waals surface area contributed by atoms with E-state index in [4.69, 9.17) is 16.3 Å². The van der Waals surface area contributed by atoms with Crippen molar-refractivity contribution in [3.05, 3.63) is 53.1 Å². The number of halogens is 1. The van der Waals surface area contributed by atoms with E-state index in [-0.39, 0.29) is 6.10 Å². The Morgan fingerprint density at radius 1 is 1.04 bits per heavy atom. The minimum atomic E-state index is 0.199. The average molecular weight is 359 g/mol. The smallest absolute Gasteiger partial charge is 0.119 e. The summed E-state index contributed by atoms with van der Waals surface area (Å²) >= 11 is 6.52. The zero-order valence-electron chi connectivity index (χ0n) is 15.1. The first-order chi connectivity index (χ1) is 12.1. The van der Waals surface area contributed by atoms with Crippen molar-refractivity contribution >= 4 is 23.0 Å². The van der Waals surface area contributed by atoms with E-state index >= 15 is 0 Å². The summed E-state index contributed by atoms with van der Waals surface area (Å²) in [6.07, 6.45) is 4.04. The lowest BCUT2D eigenvalue weighted by Gasteiger charge is -2.29. The van der Waals surface area contributed by atoms with Crippen LogP contribution in [0.1, 0.15) is 38.7 Å². The standard InChI is InChI=1S/C21H27ClN2O/c1-16(2)25-19-9-6-17(7-10-19)15-23-18-8-11-21(20(22)14-18)24-12-4-3-5-13-24/h6-11,14,16,23H,3-5,12-13,15H2,1-2H3. The lowest BCUT2D eigenvalue weighted by Crippen LogP contribution is -2.29. The molecule has 3 nitrogen and oxygen atoms in total. The van der Waals surface area contributed by atoms with Gasteiger partial charge in [0.2, 0.25) is 0 Å². The fourth-order valence-corrected chi connectivity index (χ4v) is 3.47. The van der Waals surface area contributed by atoms with Crippen LogP contribution in [0.4, 0.5) is 11.4 Å². The zero-order chi connectivity index (χ0) is 17.6. The molecule has 134 valence electrons. The quantitative estimate of drug-likeness (QED) is 0.713. The molecule has 1 aliphatic heterocycles. The molecule has 1 N–H and O–H groups in total. The van der Waals surface area contributed by atoms with Gasteiger partial charge in [-0.15, -0.1) is 0 Å². The van der Waals surface area contributed by atoms with Crippen LogP contribution in [0, 0.1) is 0 Å². The minimum absolute atomic E-state index is 0.199. The van der Waals surface area contributed by atoms with Gasteiger partial charge in [0.15, 0.2) is 0 Å². The normalized spacial score (nSPS) is 14.6. The highest BCUT2D eigenvalue weighted by molar-refractivity contribution is 6.33. The number of ether oxygens (including phenoxy) is 1. The molecule has 0 saturated carbocycles. The second-order valence-electron chi connectivity index (χ2n) is 6.88. The summed E-state index contributed by atoms with van der Waals surface area (Å²) in [5.74, 6) is 0.910. The highest BCUT2D eigenvalue weighted by atomic mass is 35.5. The molecule has 0 aliphatic carbocycles. The molecule has 1 saturated heterocycles. The first-order valence-corrected chi connectivity index (χ1v) is 9.53. The van der Waals surface area contributed by atoms with E-state index in [1.165, 1.54) is 24.8 Å². The Hall–Kier alpha value is -1.87. The first kappa shape index (κ1) is 17.9. The van der Waals surface area contributed by atoms with E-state index < -0.39 is 0 Å². The third-order valence-electron chi connectivity index (χ3n) is 4.44. The van der Waals surface area contributed by atoms with Gasteiger partial charge in [0.05, 0.1) is 16.8 Å². The molecular formula is C21H27ClN2O. The van der Waals surface area contributed by atoms with Crippen LogP contribution in [0.25, 0.3) is 0 Å². The van der Waals surface area contributed by atoms with Crippen LogP contribution < -0.4 is 15.0 Å². The van der Waals surface area contributed by atoms with Crippen molar-refractivity contribution in [2.75, 3.05) is 23.3 Å². The predicted molar refractivity (Wildman–Crippen MR) is 107 cm³/mol. The van der Waals surface area contributed by atoms with Gasteiger partial charge in [-0.1, -0.05) is 23.7 Å². The van der Waals surface area contributed by atoms with Crippen LogP contribution in [0.15, 0.2) is 42.5 Å². The molecule has 3 rings (SSSR count). The molecule has 4 heteroatoms. The van der Waals surface area contributed by atoms with Gasteiger partial charge in [0, 0.05) is 25.3 Å². The molecule has 25 heavy (non-hydrogen) atoms. The average Bonchev–Trinajstić information content (AvgIpc) is 2.61. The number of hydrogen-bond acceptors (Lipinski definition) is 3. The van der Waals surface area contributed by atoms with E-state index in [9.17, 15) is 0 Å². The summed E-state index contributed by atoms with van der Waals surface area (Å²) in [6, 6.07) is 14.5. The topological polar surface area (TPSA) is 24.5 Å². The largest absolute Gasteiger partial charge is 0.491 e. The van der Waals surface area contributed by atoms with Crippen LogP contribution in [-0.2, 0) is 6.54 Å². The molecule has 0 atom stereocenters. The van der Waals surface area contributed by atoms with E-state index in [1.807, 2.05) is 32.0 Å². The second-order valence-corrected chi connectivity index (χ2v) is 7.29. The highest BCUT2D eigenvalue weighted by Gasteiger charge is 2.14. The molecule has 0 aromatic heterocycles. The van der Waals surface area contributed by atoms with Crippen molar-refractivity contribution < 1.29 is 4.74 Å². The maximum atomic E-state index is 6.52. The molecule has 0 amide bonds. The SMILES string of the molecule is CC(C)Oc1ccc(CNc2ccc(N3CCCCC3)c(Cl)c2)cc1. The van der Waals surface area contributed by atoms with Crippen molar-refractivity contribution in [1.82, 2.24) is 0 Å². The molecule has 1 fully saturated rings. The fraction of sp³-hybridized carbons (Fsp3) is 0.429. The number of benzene rings is 2. The fourth-order valence-electron chi connectivity index (χ4n) is 3.17. The van der Waals surface area contributed by atoms with Gasteiger partial charge in [0.25, 0.3) is 0 Å². The Bertz CT molecular complexity index is 679. The maximum Gasteiger partial charge on any atom is 0.119 e. The highest BCUT2D eigenvalue weighted by Crippen LogP contribution is 2.31. The number of nitrogens with one attached hydrogen (secondary N) is 1. The predicted octanol–water partition coefficient (Wildman–Crippen LogP) is 5.73. The summed E-state index contributed by atoms with van der Waals surface area (Å²) in [7, 11) is 0. The van der Waals surface area contributed by atoms with Gasteiger partial charge in [-0.3, -0.25) is 0 Å². The van der Waals surface area contributed by atoms with Crippen LogP contribution >= 0.6 is 11.6 Å². The van der Waals surface area contributed by atoms with Crippen molar-refractivity contribution in [1.29, 1.82) is 0 Å². The molecule has 0 bridgehead atoms. The van der Waals surface area contributed by atoms with Gasteiger partial charge in [-0.05, 0) is 69.0 Å². The molecule has 0 unspecified atom stereocenters. The van der Waals surface area contributed by atoms with Gasteiger partial charge in [-0.25, -0.2) is 0 Å². The Morgan fingerprint density at radius 3 is 2.40 bits per heavy atom. The lowest BCUT2D eigenvalue weighted by molar-refractivity contribution is 0.242. The molecule has 0 radical (unpaired) electrons. The van der Waals surface area contributed by atoms with E-state index in [1.54, 1.807) is 0 Å². The minimum Gasteiger partial charge on any atom is -0.491 e. The summed E-state index contributed by atoms with van der Waals surface area (Å²) in [5.41, 5.74) is 3.42. The Morgan fingerprint density at radius 2 is 1.76 bits per heavy atom.